The van der Waals surface area contributed by atoms with Crippen molar-refractivity contribution in [2.75, 3.05) is 26.2 Å². The number of alkyl carbamates (subject to hydrolysis) is 1. The number of ether oxygens (including phenoxy) is 2. The van der Waals surface area contributed by atoms with Crippen LogP contribution in [0.25, 0.3) is 10.8 Å². The standard InChI is InChI=1S/C23H32N2O4/c1-23(2,3)29-22(27)24-18-11-13-25(14-12-18)15-19(26)16-28-21-10-6-8-17-7-4-5-9-20(17)21/h4-10,18-19,26H,11-16H2,1-3H3,(H,24,27). The fourth-order valence-electron chi connectivity index (χ4n) is 3.59. The summed E-state index contributed by atoms with van der Waals surface area (Å²) >= 11 is 0. The molecule has 29 heavy (non-hydrogen) atoms. The van der Waals surface area contributed by atoms with Gasteiger partial charge in [0.2, 0.25) is 0 Å². The second-order valence-corrected chi connectivity index (χ2v) is 8.66. The van der Waals surface area contributed by atoms with E-state index in [1.165, 1.54) is 0 Å². The number of aliphatic hydroxyl groups is 1. The van der Waals surface area contributed by atoms with Crippen LogP contribution in [0.1, 0.15) is 33.6 Å². The van der Waals surface area contributed by atoms with E-state index in [1.807, 2.05) is 63.2 Å². The molecule has 1 unspecified atom stereocenters. The molecule has 0 aromatic heterocycles. The minimum absolute atomic E-state index is 0.116. The zero-order valence-corrected chi connectivity index (χ0v) is 17.6. The number of piperidine rings is 1. The molecule has 0 spiro atoms. The van der Waals surface area contributed by atoms with Crippen LogP contribution in [0.3, 0.4) is 0 Å². The van der Waals surface area contributed by atoms with E-state index in [0.717, 1.165) is 42.5 Å². The van der Waals surface area contributed by atoms with Crippen molar-refractivity contribution in [2.24, 2.45) is 0 Å². The summed E-state index contributed by atoms with van der Waals surface area (Å²) in [4.78, 5) is 14.1. The Morgan fingerprint density at radius 3 is 2.59 bits per heavy atom. The molecule has 6 nitrogen and oxygen atoms in total. The Labute approximate surface area is 172 Å². The third-order valence-electron chi connectivity index (χ3n) is 4.96. The number of rotatable bonds is 6. The van der Waals surface area contributed by atoms with Crippen LogP contribution in [0, 0.1) is 0 Å². The zero-order chi connectivity index (χ0) is 20.9. The van der Waals surface area contributed by atoms with Crippen LogP contribution in [0.15, 0.2) is 42.5 Å². The number of benzene rings is 2. The van der Waals surface area contributed by atoms with Crippen molar-refractivity contribution in [3.05, 3.63) is 42.5 Å². The van der Waals surface area contributed by atoms with E-state index in [4.69, 9.17) is 9.47 Å². The zero-order valence-electron chi connectivity index (χ0n) is 17.6. The normalized spacial score (nSPS) is 17.1. The first-order valence-electron chi connectivity index (χ1n) is 10.3. The lowest BCUT2D eigenvalue weighted by Gasteiger charge is -2.33. The summed E-state index contributed by atoms with van der Waals surface area (Å²) < 4.78 is 11.2. The first-order chi connectivity index (χ1) is 13.8. The highest BCUT2D eigenvalue weighted by Gasteiger charge is 2.24. The van der Waals surface area contributed by atoms with Gasteiger partial charge in [0, 0.05) is 31.1 Å². The summed E-state index contributed by atoms with van der Waals surface area (Å²) in [5.41, 5.74) is -0.487. The van der Waals surface area contributed by atoms with Gasteiger partial charge in [0.05, 0.1) is 0 Å². The molecule has 1 saturated heterocycles. The molecule has 0 bridgehead atoms. The number of carbonyl (C=O) groups is 1. The van der Waals surface area contributed by atoms with Gasteiger partial charge in [0.25, 0.3) is 0 Å². The van der Waals surface area contributed by atoms with E-state index in [9.17, 15) is 9.90 Å². The number of β-amino-alcohol motifs (C(OH)–C–C–N with tert-alkyl or cyclic N) is 1. The summed E-state index contributed by atoms with van der Waals surface area (Å²) in [7, 11) is 0. The van der Waals surface area contributed by atoms with E-state index < -0.39 is 11.7 Å². The maximum Gasteiger partial charge on any atom is 0.407 e. The average molecular weight is 401 g/mol. The van der Waals surface area contributed by atoms with Gasteiger partial charge < -0.3 is 24.8 Å². The van der Waals surface area contributed by atoms with Gasteiger partial charge in [-0.15, -0.1) is 0 Å². The Kier molecular flexibility index (Phi) is 6.98. The monoisotopic (exact) mass is 400 g/mol. The first-order valence-corrected chi connectivity index (χ1v) is 10.3. The van der Waals surface area contributed by atoms with Gasteiger partial charge >= 0.3 is 6.09 Å². The number of hydrogen-bond acceptors (Lipinski definition) is 5. The number of likely N-dealkylation sites (tertiary alicyclic amines) is 1. The summed E-state index contributed by atoms with van der Waals surface area (Å²) in [6, 6.07) is 14.1. The van der Waals surface area contributed by atoms with E-state index in [1.54, 1.807) is 0 Å². The predicted octanol–water partition coefficient (Wildman–Crippen LogP) is 3.57. The largest absolute Gasteiger partial charge is 0.490 e. The fraction of sp³-hybridized carbons (Fsp3) is 0.522. The minimum atomic E-state index is -0.565. The molecule has 158 valence electrons. The van der Waals surface area contributed by atoms with Crippen LogP contribution in [-0.4, -0.2) is 60.1 Å². The van der Waals surface area contributed by atoms with E-state index in [-0.39, 0.29) is 18.7 Å². The molecule has 0 radical (unpaired) electrons. The first kappa shape index (κ1) is 21.4. The maximum absolute atomic E-state index is 11.9. The third kappa shape index (κ3) is 6.61. The number of fused-ring (bicyclic) bond motifs is 1. The molecule has 1 amide bonds. The van der Waals surface area contributed by atoms with Crippen LogP contribution in [-0.2, 0) is 4.74 Å². The van der Waals surface area contributed by atoms with Crippen LogP contribution in [0.2, 0.25) is 0 Å². The Morgan fingerprint density at radius 1 is 1.17 bits per heavy atom. The second kappa shape index (κ2) is 9.46. The molecule has 1 fully saturated rings. The molecule has 1 atom stereocenters. The SMILES string of the molecule is CC(C)(C)OC(=O)NC1CCN(CC(O)COc2cccc3ccccc23)CC1. The lowest BCUT2D eigenvalue weighted by molar-refractivity contribution is 0.0422. The highest BCUT2D eigenvalue weighted by molar-refractivity contribution is 5.88. The van der Waals surface area contributed by atoms with Crippen molar-refractivity contribution >= 4 is 16.9 Å². The van der Waals surface area contributed by atoms with Crippen molar-refractivity contribution in [3.8, 4) is 5.75 Å². The van der Waals surface area contributed by atoms with Gasteiger partial charge in [-0.2, -0.15) is 0 Å². The Balaban J connectivity index is 1.41. The number of nitrogens with zero attached hydrogens (tertiary/aromatic N) is 1. The molecule has 1 aliphatic heterocycles. The van der Waals surface area contributed by atoms with Crippen molar-refractivity contribution in [1.29, 1.82) is 0 Å². The molecule has 2 aromatic rings. The van der Waals surface area contributed by atoms with Crippen molar-refractivity contribution < 1.29 is 19.4 Å². The smallest absolute Gasteiger partial charge is 0.407 e. The van der Waals surface area contributed by atoms with Crippen molar-refractivity contribution in [1.82, 2.24) is 10.2 Å². The predicted molar refractivity (Wildman–Crippen MR) is 114 cm³/mol. The third-order valence-corrected chi connectivity index (χ3v) is 4.96. The van der Waals surface area contributed by atoms with E-state index >= 15 is 0 Å². The minimum Gasteiger partial charge on any atom is -0.490 e. The summed E-state index contributed by atoms with van der Waals surface area (Å²) in [6.07, 6.45) is 0.760. The summed E-state index contributed by atoms with van der Waals surface area (Å²) in [6.45, 7) is 8.04. The molecule has 2 aromatic carbocycles. The Morgan fingerprint density at radius 2 is 1.86 bits per heavy atom. The van der Waals surface area contributed by atoms with Gasteiger partial charge in [-0.05, 0) is 45.1 Å². The molecule has 0 aliphatic carbocycles. The molecule has 0 saturated carbocycles. The highest BCUT2D eigenvalue weighted by atomic mass is 16.6. The molecule has 1 aliphatic rings. The number of amides is 1. The van der Waals surface area contributed by atoms with Crippen LogP contribution in [0.4, 0.5) is 4.79 Å². The highest BCUT2D eigenvalue weighted by Crippen LogP contribution is 2.25. The molecule has 6 heteroatoms. The van der Waals surface area contributed by atoms with Gasteiger partial charge in [-0.25, -0.2) is 4.79 Å². The molecular formula is C23H32N2O4. The number of hydrogen-bond donors (Lipinski definition) is 2. The second-order valence-electron chi connectivity index (χ2n) is 8.66. The van der Waals surface area contributed by atoms with Crippen LogP contribution >= 0.6 is 0 Å². The number of aliphatic hydroxyl groups excluding tert-OH is 1. The van der Waals surface area contributed by atoms with Gasteiger partial charge in [0.1, 0.15) is 24.1 Å². The quantitative estimate of drug-likeness (QED) is 0.776. The number of nitrogens with one attached hydrogen (secondary N) is 1. The fourth-order valence-corrected chi connectivity index (χ4v) is 3.59. The Hall–Kier alpha value is -2.31. The summed E-state index contributed by atoms with van der Waals surface area (Å²) in [5, 5.41) is 15.5. The Bertz CT molecular complexity index is 805. The van der Waals surface area contributed by atoms with Crippen molar-refractivity contribution in [3.63, 3.8) is 0 Å². The van der Waals surface area contributed by atoms with Gasteiger partial charge in [-0.3, -0.25) is 0 Å². The van der Waals surface area contributed by atoms with E-state index in [0.29, 0.717) is 6.54 Å². The van der Waals surface area contributed by atoms with Crippen LogP contribution in [0.5, 0.6) is 5.75 Å². The van der Waals surface area contributed by atoms with Gasteiger partial charge in [0.15, 0.2) is 0 Å². The molecule has 2 N–H and O–H groups in total. The van der Waals surface area contributed by atoms with E-state index in [2.05, 4.69) is 10.2 Å². The molecule has 1 heterocycles. The van der Waals surface area contributed by atoms with Crippen LogP contribution < -0.4 is 10.1 Å². The lowest BCUT2D eigenvalue weighted by Crippen LogP contribution is -2.48. The van der Waals surface area contributed by atoms with Gasteiger partial charge in [-0.1, -0.05) is 36.4 Å². The average Bonchev–Trinajstić information content (AvgIpc) is 2.66. The lowest BCUT2D eigenvalue weighted by atomic mass is 10.0. The molecule has 3 rings (SSSR count). The summed E-state index contributed by atoms with van der Waals surface area (Å²) in [5.74, 6) is 0.794. The topological polar surface area (TPSA) is 71.0 Å². The maximum atomic E-state index is 11.9. The van der Waals surface area contributed by atoms with Crippen molar-refractivity contribution in [2.45, 2.75) is 51.4 Å². The number of carbonyl (C=O) groups excluding carboxylic acids is 1. The molecular weight excluding hydrogens is 368 g/mol.